The van der Waals surface area contributed by atoms with Gasteiger partial charge in [0.1, 0.15) is 0 Å². The lowest BCUT2D eigenvalue weighted by molar-refractivity contribution is 0.669. The van der Waals surface area contributed by atoms with Crippen molar-refractivity contribution in [2.75, 3.05) is 5.33 Å². The number of hydrogen-bond acceptors (Lipinski definition) is 2. The zero-order valence-electron chi connectivity index (χ0n) is 7.70. The summed E-state index contributed by atoms with van der Waals surface area (Å²) in [5, 5.41) is 11.4. The summed E-state index contributed by atoms with van der Waals surface area (Å²) < 4.78 is 4.25. The Morgan fingerprint density at radius 2 is 2.13 bits per heavy atom. The van der Waals surface area contributed by atoms with Gasteiger partial charge in [0.2, 0.25) is 0 Å². The minimum absolute atomic E-state index is 0.947. The standard InChI is InChI=1S/C5H6BrIN2.C3H3IN2/c6-1-2-9-4-5(7)3-8-9;4-3-1-5-6-2-3/h3-4H,1-2H2;1-2H,(H,5,6). The SMILES string of the molecule is BrCCn1cc(I)cn1.Ic1cn[nH]c1. The molecule has 2 heterocycles. The molecule has 1 N–H and O–H groups in total. The molecule has 2 aromatic heterocycles. The zero-order valence-corrected chi connectivity index (χ0v) is 13.6. The van der Waals surface area contributed by atoms with Crippen LogP contribution in [0.2, 0.25) is 0 Å². The number of nitrogens with zero attached hydrogens (tertiary/aromatic N) is 3. The number of H-pyrrole nitrogens is 1. The Morgan fingerprint density at radius 3 is 2.47 bits per heavy atom. The molecule has 0 aliphatic rings. The van der Waals surface area contributed by atoms with Gasteiger partial charge in [-0.1, -0.05) is 15.9 Å². The first kappa shape index (κ1) is 13.4. The quantitative estimate of drug-likeness (QED) is 0.515. The Labute approximate surface area is 124 Å². The highest BCUT2D eigenvalue weighted by Gasteiger charge is 1.90. The lowest BCUT2D eigenvalue weighted by Crippen LogP contribution is -1.97. The van der Waals surface area contributed by atoms with Crippen LogP contribution in [0.3, 0.4) is 0 Å². The summed E-state index contributed by atoms with van der Waals surface area (Å²) in [5.41, 5.74) is 0. The van der Waals surface area contributed by atoms with Gasteiger partial charge in [0.05, 0.1) is 26.1 Å². The zero-order chi connectivity index (χ0) is 11.1. The van der Waals surface area contributed by atoms with E-state index in [0.717, 1.165) is 15.4 Å². The number of aromatic amines is 1. The van der Waals surface area contributed by atoms with Crippen LogP contribution in [0.5, 0.6) is 0 Å². The Kier molecular flexibility index (Phi) is 6.81. The van der Waals surface area contributed by atoms with Gasteiger partial charge in [0.25, 0.3) is 0 Å². The summed E-state index contributed by atoms with van der Waals surface area (Å²) in [6.45, 7) is 0.947. The maximum atomic E-state index is 4.08. The smallest absolute Gasteiger partial charge is 0.0623 e. The number of rotatable bonds is 2. The van der Waals surface area contributed by atoms with Crippen molar-refractivity contribution in [3.05, 3.63) is 31.9 Å². The van der Waals surface area contributed by atoms with Gasteiger partial charge in [0.15, 0.2) is 0 Å². The van der Waals surface area contributed by atoms with E-state index in [1.807, 2.05) is 23.3 Å². The van der Waals surface area contributed by atoms with Gasteiger partial charge in [-0.2, -0.15) is 10.2 Å². The highest BCUT2D eigenvalue weighted by atomic mass is 127. The number of aromatic nitrogens is 4. The number of nitrogens with one attached hydrogen (secondary N) is 1. The molecular weight excluding hydrogens is 486 g/mol. The summed E-state index contributed by atoms with van der Waals surface area (Å²) >= 11 is 7.75. The van der Waals surface area contributed by atoms with E-state index in [0.29, 0.717) is 0 Å². The Morgan fingerprint density at radius 1 is 1.33 bits per heavy atom. The molecule has 15 heavy (non-hydrogen) atoms. The summed E-state index contributed by atoms with van der Waals surface area (Å²) in [4.78, 5) is 0. The molecule has 4 nitrogen and oxygen atoms in total. The Bertz CT molecular complexity index is 374. The molecule has 0 spiro atoms. The highest BCUT2D eigenvalue weighted by molar-refractivity contribution is 14.1. The van der Waals surface area contributed by atoms with E-state index in [4.69, 9.17) is 0 Å². The second-order valence-electron chi connectivity index (χ2n) is 2.53. The van der Waals surface area contributed by atoms with Crippen molar-refractivity contribution in [1.82, 2.24) is 20.0 Å². The van der Waals surface area contributed by atoms with Crippen LogP contribution >= 0.6 is 61.1 Å². The minimum atomic E-state index is 0.947. The van der Waals surface area contributed by atoms with Crippen LogP contribution in [-0.4, -0.2) is 25.3 Å². The molecule has 0 aromatic carbocycles. The van der Waals surface area contributed by atoms with Crippen LogP contribution in [0.1, 0.15) is 0 Å². The third kappa shape index (κ3) is 5.85. The Balaban J connectivity index is 0.000000162. The fourth-order valence-corrected chi connectivity index (χ4v) is 1.87. The average molecular weight is 495 g/mol. The predicted octanol–water partition coefficient (Wildman–Crippen LogP) is 2.90. The Hall–Kier alpha value is 0.360. The summed E-state index contributed by atoms with van der Waals surface area (Å²) in [6, 6.07) is 0. The van der Waals surface area contributed by atoms with Gasteiger partial charge in [0, 0.05) is 17.7 Å². The molecule has 0 atom stereocenters. The third-order valence-electron chi connectivity index (χ3n) is 1.38. The normalized spacial score (nSPS) is 9.53. The van der Waals surface area contributed by atoms with E-state index < -0.39 is 0 Å². The van der Waals surface area contributed by atoms with Crippen molar-refractivity contribution < 1.29 is 0 Å². The van der Waals surface area contributed by atoms with Crippen LogP contribution in [-0.2, 0) is 6.54 Å². The van der Waals surface area contributed by atoms with Crippen molar-refractivity contribution in [3.8, 4) is 0 Å². The van der Waals surface area contributed by atoms with Crippen molar-refractivity contribution in [3.63, 3.8) is 0 Å². The average Bonchev–Trinajstić information content (AvgIpc) is 2.80. The van der Waals surface area contributed by atoms with Crippen LogP contribution in [0.25, 0.3) is 0 Å². The number of halogens is 3. The fourth-order valence-electron chi connectivity index (χ4n) is 0.782. The monoisotopic (exact) mass is 494 g/mol. The number of hydrogen-bond donors (Lipinski definition) is 1. The third-order valence-corrected chi connectivity index (χ3v) is 2.88. The maximum absolute atomic E-state index is 4.08. The van der Waals surface area contributed by atoms with E-state index in [-0.39, 0.29) is 0 Å². The molecule has 2 rings (SSSR count). The first-order chi connectivity index (χ1) is 7.22. The molecule has 0 aliphatic heterocycles. The molecule has 82 valence electrons. The predicted molar refractivity (Wildman–Crippen MR) is 80.0 cm³/mol. The number of aryl methyl sites for hydroxylation is 1. The van der Waals surface area contributed by atoms with E-state index in [9.17, 15) is 0 Å². The first-order valence-corrected chi connectivity index (χ1v) is 7.38. The van der Waals surface area contributed by atoms with Crippen LogP contribution in [0.15, 0.2) is 24.8 Å². The maximum Gasteiger partial charge on any atom is 0.0623 e. The van der Waals surface area contributed by atoms with Gasteiger partial charge in [-0.15, -0.1) is 0 Å². The molecule has 0 aliphatic carbocycles. The second kappa shape index (κ2) is 7.60. The molecule has 0 fully saturated rings. The fraction of sp³-hybridized carbons (Fsp3) is 0.250. The molecular formula is C8H9BrI2N4. The first-order valence-electron chi connectivity index (χ1n) is 4.10. The molecule has 0 saturated carbocycles. The summed E-state index contributed by atoms with van der Waals surface area (Å²) in [5.74, 6) is 0. The molecule has 0 bridgehead atoms. The van der Waals surface area contributed by atoms with E-state index in [2.05, 4.69) is 76.4 Å². The summed E-state index contributed by atoms with van der Waals surface area (Å²) in [7, 11) is 0. The van der Waals surface area contributed by atoms with Gasteiger partial charge in [-0.05, 0) is 45.2 Å². The topological polar surface area (TPSA) is 46.5 Å². The molecule has 0 saturated heterocycles. The van der Waals surface area contributed by atoms with Crippen molar-refractivity contribution in [2.24, 2.45) is 0 Å². The van der Waals surface area contributed by atoms with E-state index in [1.54, 1.807) is 6.20 Å². The molecule has 0 amide bonds. The highest BCUT2D eigenvalue weighted by Crippen LogP contribution is 2.00. The van der Waals surface area contributed by atoms with Gasteiger partial charge in [-0.25, -0.2) is 0 Å². The molecule has 0 unspecified atom stereocenters. The van der Waals surface area contributed by atoms with E-state index >= 15 is 0 Å². The van der Waals surface area contributed by atoms with Crippen molar-refractivity contribution in [2.45, 2.75) is 6.54 Å². The summed E-state index contributed by atoms with van der Waals surface area (Å²) in [6.07, 6.45) is 7.46. The lowest BCUT2D eigenvalue weighted by atomic mass is 10.7. The largest absolute Gasteiger partial charge is 0.285 e. The van der Waals surface area contributed by atoms with Crippen LogP contribution < -0.4 is 0 Å². The number of alkyl halides is 1. The van der Waals surface area contributed by atoms with E-state index in [1.165, 1.54) is 3.57 Å². The minimum Gasteiger partial charge on any atom is -0.285 e. The van der Waals surface area contributed by atoms with Crippen LogP contribution in [0, 0.1) is 7.14 Å². The van der Waals surface area contributed by atoms with Gasteiger partial charge in [-0.3, -0.25) is 9.78 Å². The molecule has 0 radical (unpaired) electrons. The lowest BCUT2D eigenvalue weighted by Gasteiger charge is -1.92. The van der Waals surface area contributed by atoms with Crippen molar-refractivity contribution in [1.29, 1.82) is 0 Å². The molecule has 7 heteroatoms. The second-order valence-corrected chi connectivity index (χ2v) is 5.81. The van der Waals surface area contributed by atoms with Gasteiger partial charge < -0.3 is 0 Å². The van der Waals surface area contributed by atoms with Crippen LogP contribution in [0.4, 0.5) is 0 Å². The van der Waals surface area contributed by atoms with Gasteiger partial charge >= 0.3 is 0 Å². The van der Waals surface area contributed by atoms with Crippen molar-refractivity contribution >= 4 is 61.1 Å². The molecule has 2 aromatic rings.